The molecule has 0 amide bonds. The Morgan fingerprint density at radius 3 is 2.72 bits per heavy atom. The first-order chi connectivity index (χ1) is 12.2. The summed E-state index contributed by atoms with van der Waals surface area (Å²) in [7, 11) is 0. The zero-order valence-corrected chi connectivity index (χ0v) is 13.8. The summed E-state index contributed by atoms with van der Waals surface area (Å²) in [5.74, 6) is 0. The minimum Gasteiger partial charge on any atom is -0.360 e. The van der Waals surface area contributed by atoms with Crippen molar-refractivity contribution < 1.29 is 4.92 Å². The van der Waals surface area contributed by atoms with E-state index in [2.05, 4.69) is 40.2 Å². The Bertz CT molecular complexity index is 944. The monoisotopic (exact) mass is 333 g/mol. The third-order valence-electron chi connectivity index (χ3n) is 4.76. The maximum Gasteiger partial charge on any atom is 0.271 e. The lowest BCUT2D eigenvalue weighted by Crippen LogP contribution is -2.27. The van der Waals surface area contributed by atoms with E-state index in [4.69, 9.17) is 0 Å². The van der Waals surface area contributed by atoms with Crippen molar-refractivity contribution in [3.05, 3.63) is 82.0 Å². The second-order valence-corrected chi connectivity index (χ2v) is 6.39. The molecule has 3 aromatic rings. The van der Waals surface area contributed by atoms with Gasteiger partial charge in [0.1, 0.15) is 0 Å². The van der Waals surface area contributed by atoms with E-state index in [1.54, 1.807) is 12.1 Å². The molecule has 0 saturated carbocycles. The number of benzene rings is 2. The smallest absolute Gasteiger partial charge is 0.271 e. The minimum atomic E-state index is -0.360. The van der Waals surface area contributed by atoms with E-state index in [0.29, 0.717) is 0 Å². The summed E-state index contributed by atoms with van der Waals surface area (Å²) in [5, 5.41) is 12.0. The largest absolute Gasteiger partial charge is 0.360 e. The van der Waals surface area contributed by atoms with Crippen LogP contribution in [0.5, 0.6) is 0 Å². The van der Waals surface area contributed by atoms with Crippen molar-refractivity contribution in [2.24, 2.45) is 0 Å². The number of nitro benzene ring substituents is 1. The molecule has 5 heteroatoms. The number of non-ortho nitro benzene ring substituents is 1. The standard InChI is InChI=1S/C20H19N3O2/c24-23(25)17-6-7-18-19(13-21-20(18)12-17)16-8-10-22(11-9-16)14-15-4-2-1-3-5-15/h1-8,12-13,21H,9-11,14H2. The van der Waals surface area contributed by atoms with Crippen molar-refractivity contribution in [1.29, 1.82) is 0 Å². The van der Waals surface area contributed by atoms with Crippen LogP contribution < -0.4 is 0 Å². The summed E-state index contributed by atoms with van der Waals surface area (Å²) < 4.78 is 0. The zero-order chi connectivity index (χ0) is 17.2. The molecule has 1 N–H and O–H groups in total. The van der Waals surface area contributed by atoms with Crippen molar-refractivity contribution in [1.82, 2.24) is 9.88 Å². The topological polar surface area (TPSA) is 62.2 Å². The lowest BCUT2D eigenvalue weighted by Gasteiger charge is -2.26. The van der Waals surface area contributed by atoms with Gasteiger partial charge in [-0.3, -0.25) is 15.0 Å². The van der Waals surface area contributed by atoms with Crippen LogP contribution in [0.1, 0.15) is 17.5 Å². The van der Waals surface area contributed by atoms with Gasteiger partial charge in [-0.15, -0.1) is 0 Å². The molecule has 0 saturated heterocycles. The van der Waals surface area contributed by atoms with Gasteiger partial charge in [0.25, 0.3) is 5.69 Å². The van der Waals surface area contributed by atoms with Gasteiger partial charge in [-0.1, -0.05) is 36.4 Å². The number of hydrogen-bond acceptors (Lipinski definition) is 3. The number of aromatic amines is 1. The number of nitro groups is 1. The molecule has 2 heterocycles. The zero-order valence-electron chi connectivity index (χ0n) is 13.8. The summed E-state index contributed by atoms with van der Waals surface area (Å²) >= 11 is 0. The molecule has 1 aliphatic rings. The number of rotatable bonds is 4. The second kappa shape index (κ2) is 6.53. The number of H-pyrrole nitrogens is 1. The van der Waals surface area contributed by atoms with Crippen LogP contribution in [0.3, 0.4) is 0 Å². The van der Waals surface area contributed by atoms with Crippen LogP contribution in [0.15, 0.2) is 60.8 Å². The molecule has 4 rings (SSSR count). The van der Waals surface area contributed by atoms with Crippen molar-refractivity contribution in [3.63, 3.8) is 0 Å². The van der Waals surface area contributed by atoms with Crippen LogP contribution in [0.4, 0.5) is 5.69 Å². The Balaban J connectivity index is 1.53. The molecule has 0 fully saturated rings. The van der Waals surface area contributed by atoms with Crippen LogP contribution in [-0.4, -0.2) is 27.9 Å². The Morgan fingerprint density at radius 2 is 2.00 bits per heavy atom. The summed E-state index contributed by atoms with van der Waals surface area (Å²) in [4.78, 5) is 16.2. The van der Waals surface area contributed by atoms with Gasteiger partial charge in [-0.05, 0) is 23.6 Å². The van der Waals surface area contributed by atoms with Gasteiger partial charge in [-0.25, -0.2) is 0 Å². The van der Waals surface area contributed by atoms with Gasteiger partial charge in [0, 0.05) is 48.9 Å². The molecule has 25 heavy (non-hydrogen) atoms. The van der Waals surface area contributed by atoms with Crippen LogP contribution in [0.25, 0.3) is 16.5 Å². The molecule has 0 atom stereocenters. The predicted molar refractivity (Wildman–Crippen MR) is 99.3 cm³/mol. The number of nitrogens with one attached hydrogen (secondary N) is 1. The Morgan fingerprint density at radius 1 is 1.16 bits per heavy atom. The van der Waals surface area contributed by atoms with Gasteiger partial charge < -0.3 is 4.98 Å². The molecule has 0 bridgehead atoms. The van der Waals surface area contributed by atoms with Crippen LogP contribution in [-0.2, 0) is 6.54 Å². The molecule has 1 aromatic heterocycles. The van der Waals surface area contributed by atoms with Crippen LogP contribution in [0.2, 0.25) is 0 Å². The SMILES string of the molecule is O=[N+]([O-])c1ccc2c(C3=CCN(Cc4ccccc4)CC3)c[nH]c2c1. The highest BCUT2D eigenvalue weighted by Crippen LogP contribution is 2.31. The van der Waals surface area contributed by atoms with Gasteiger partial charge in [-0.2, -0.15) is 0 Å². The molecule has 5 nitrogen and oxygen atoms in total. The number of nitrogens with zero attached hydrogens (tertiary/aromatic N) is 2. The maximum atomic E-state index is 10.9. The van der Waals surface area contributed by atoms with Crippen molar-refractivity contribution in [2.45, 2.75) is 13.0 Å². The summed E-state index contributed by atoms with van der Waals surface area (Å²) in [5.41, 5.74) is 4.73. The lowest BCUT2D eigenvalue weighted by molar-refractivity contribution is -0.384. The third kappa shape index (κ3) is 3.19. The Hall–Kier alpha value is -2.92. The van der Waals surface area contributed by atoms with Gasteiger partial charge in [0.2, 0.25) is 0 Å². The van der Waals surface area contributed by atoms with E-state index in [-0.39, 0.29) is 10.6 Å². The Labute approximate surface area is 145 Å². The van der Waals surface area contributed by atoms with E-state index in [1.807, 2.05) is 18.3 Å². The number of fused-ring (bicyclic) bond motifs is 1. The number of hydrogen-bond donors (Lipinski definition) is 1. The highest BCUT2D eigenvalue weighted by Gasteiger charge is 2.17. The first-order valence-corrected chi connectivity index (χ1v) is 8.42. The summed E-state index contributed by atoms with van der Waals surface area (Å²) in [6, 6.07) is 15.5. The molecule has 0 unspecified atom stereocenters. The summed E-state index contributed by atoms with van der Waals surface area (Å²) in [6.45, 7) is 2.90. The normalized spacial score (nSPS) is 15.3. The molecule has 126 valence electrons. The van der Waals surface area contributed by atoms with Crippen LogP contribution in [0, 0.1) is 10.1 Å². The second-order valence-electron chi connectivity index (χ2n) is 6.39. The van der Waals surface area contributed by atoms with E-state index >= 15 is 0 Å². The van der Waals surface area contributed by atoms with Gasteiger partial charge in [0.15, 0.2) is 0 Å². The fourth-order valence-electron chi connectivity index (χ4n) is 3.43. The quantitative estimate of drug-likeness (QED) is 0.570. The molecular formula is C20H19N3O2. The van der Waals surface area contributed by atoms with E-state index in [9.17, 15) is 10.1 Å². The fourth-order valence-corrected chi connectivity index (χ4v) is 3.43. The molecular weight excluding hydrogens is 314 g/mol. The van der Waals surface area contributed by atoms with E-state index < -0.39 is 0 Å². The minimum absolute atomic E-state index is 0.118. The third-order valence-corrected chi connectivity index (χ3v) is 4.76. The maximum absolute atomic E-state index is 10.9. The fraction of sp³-hybridized carbons (Fsp3) is 0.200. The lowest BCUT2D eigenvalue weighted by atomic mass is 9.98. The highest BCUT2D eigenvalue weighted by atomic mass is 16.6. The highest BCUT2D eigenvalue weighted by molar-refractivity contribution is 5.93. The van der Waals surface area contributed by atoms with E-state index in [0.717, 1.165) is 42.5 Å². The molecule has 1 aliphatic heterocycles. The van der Waals surface area contributed by atoms with Crippen molar-refractivity contribution in [3.8, 4) is 0 Å². The number of aromatic nitrogens is 1. The van der Waals surface area contributed by atoms with Gasteiger partial charge >= 0.3 is 0 Å². The molecule has 0 radical (unpaired) electrons. The first-order valence-electron chi connectivity index (χ1n) is 8.42. The average molecular weight is 333 g/mol. The first kappa shape index (κ1) is 15.6. The predicted octanol–water partition coefficient (Wildman–Crippen LogP) is 4.37. The van der Waals surface area contributed by atoms with Crippen molar-refractivity contribution in [2.75, 3.05) is 13.1 Å². The molecule has 2 aromatic carbocycles. The van der Waals surface area contributed by atoms with Gasteiger partial charge in [0.05, 0.1) is 10.4 Å². The average Bonchev–Trinajstić information content (AvgIpc) is 3.06. The molecule has 0 aliphatic carbocycles. The van der Waals surface area contributed by atoms with E-state index in [1.165, 1.54) is 11.1 Å². The van der Waals surface area contributed by atoms with Crippen molar-refractivity contribution >= 4 is 22.2 Å². The Kier molecular flexibility index (Phi) is 4.07. The molecule has 0 spiro atoms. The van der Waals surface area contributed by atoms with Crippen LogP contribution >= 0.6 is 0 Å². The summed E-state index contributed by atoms with van der Waals surface area (Å²) in [6.07, 6.45) is 5.22.